The number of rotatable bonds is 9. The molecular weight excluding hydrogens is 566 g/mol. The molecule has 10 nitrogen and oxygen atoms in total. The lowest BCUT2D eigenvalue weighted by molar-refractivity contribution is -0.111. The van der Waals surface area contributed by atoms with E-state index in [1.54, 1.807) is 24.3 Å². The van der Waals surface area contributed by atoms with Gasteiger partial charge < -0.3 is 31.1 Å². The number of carbonyl (C=O) groups is 3. The summed E-state index contributed by atoms with van der Waals surface area (Å²) in [6.45, 7) is 9.18. The lowest BCUT2D eigenvalue weighted by atomic mass is 9.94. The third-order valence-electron chi connectivity index (χ3n) is 8.05. The summed E-state index contributed by atoms with van der Waals surface area (Å²) in [5, 5.41) is 12.3. The molecule has 232 valence electrons. The summed E-state index contributed by atoms with van der Waals surface area (Å²) in [7, 11) is 4.00. The second-order valence-electron chi connectivity index (χ2n) is 11.9. The van der Waals surface area contributed by atoms with Crippen LogP contribution in [0.4, 0.5) is 21.9 Å². The standard InChI is InChI=1S/C35H39N7O3/c1-6-31(43)37-25-17-15-24(16-18-25)33(44)39-27-14-10-13-26(19-27)38-32-28-21-42(35(2,3)29(28)20-36-32)34(45)40-30(22-41(4)5)23-11-8-7-9-12-23/h6-19,30H,1,20-22H2,2-5H3,(H,36,38)(H,37,43)(H,39,44)(H,40,45)/t30-/m1/s1. The van der Waals surface area contributed by atoms with Crippen LogP contribution in [0.25, 0.3) is 0 Å². The molecule has 2 aliphatic rings. The number of carbonyl (C=O) groups excluding carboxylic acids is 3. The molecule has 0 fully saturated rings. The number of amides is 4. The summed E-state index contributed by atoms with van der Waals surface area (Å²) >= 11 is 0. The van der Waals surface area contributed by atoms with Gasteiger partial charge in [0.15, 0.2) is 0 Å². The van der Waals surface area contributed by atoms with Gasteiger partial charge in [-0.3, -0.25) is 14.6 Å². The molecule has 0 aliphatic carbocycles. The number of urea groups is 1. The Labute approximate surface area is 263 Å². The van der Waals surface area contributed by atoms with Gasteiger partial charge in [0.25, 0.3) is 5.91 Å². The number of nitrogens with one attached hydrogen (secondary N) is 4. The summed E-state index contributed by atoms with van der Waals surface area (Å²) < 4.78 is 0. The molecule has 5 rings (SSSR count). The summed E-state index contributed by atoms with van der Waals surface area (Å²) in [4.78, 5) is 46.8. The molecule has 0 saturated heterocycles. The zero-order chi connectivity index (χ0) is 32.1. The van der Waals surface area contributed by atoms with Crippen molar-refractivity contribution < 1.29 is 14.4 Å². The molecular formula is C35H39N7O3. The minimum Gasteiger partial charge on any atom is -0.340 e. The maximum absolute atomic E-state index is 13.7. The Morgan fingerprint density at radius 1 is 0.956 bits per heavy atom. The molecule has 0 spiro atoms. The van der Waals surface area contributed by atoms with Gasteiger partial charge in [0.05, 0.1) is 24.7 Å². The molecule has 2 aliphatic heterocycles. The van der Waals surface area contributed by atoms with Gasteiger partial charge in [0.2, 0.25) is 5.91 Å². The van der Waals surface area contributed by atoms with Crippen LogP contribution in [-0.2, 0) is 4.79 Å². The van der Waals surface area contributed by atoms with E-state index in [0.29, 0.717) is 36.6 Å². The first-order chi connectivity index (χ1) is 21.5. The smallest absolute Gasteiger partial charge is 0.318 e. The Morgan fingerprint density at radius 3 is 2.36 bits per heavy atom. The zero-order valence-corrected chi connectivity index (χ0v) is 26.1. The Morgan fingerprint density at radius 2 is 1.67 bits per heavy atom. The largest absolute Gasteiger partial charge is 0.340 e. The third kappa shape index (κ3) is 7.13. The second kappa shape index (κ2) is 13.2. The minimum atomic E-state index is -0.508. The predicted octanol–water partition coefficient (Wildman–Crippen LogP) is 5.29. The number of aliphatic imine (C=N–C) groups is 1. The maximum Gasteiger partial charge on any atom is 0.318 e. The van der Waals surface area contributed by atoms with Gasteiger partial charge in [-0.05, 0) is 87.6 Å². The van der Waals surface area contributed by atoms with Gasteiger partial charge in [0, 0.05) is 34.7 Å². The van der Waals surface area contributed by atoms with Crippen LogP contribution in [0.5, 0.6) is 0 Å². The first-order valence-corrected chi connectivity index (χ1v) is 14.8. The maximum atomic E-state index is 13.7. The van der Waals surface area contributed by atoms with E-state index in [0.717, 1.165) is 28.2 Å². The fourth-order valence-electron chi connectivity index (χ4n) is 5.61. The highest BCUT2D eigenvalue weighted by molar-refractivity contribution is 6.12. The summed E-state index contributed by atoms with van der Waals surface area (Å²) in [6.07, 6.45) is 1.19. The molecule has 4 N–H and O–H groups in total. The first-order valence-electron chi connectivity index (χ1n) is 14.8. The molecule has 0 unspecified atom stereocenters. The molecule has 0 bridgehead atoms. The summed E-state index contributed by atoms with van der Waals surface area (Å²) in [5.41, 5.74) is 5.07. The second-order valence-corrected chi connectivity index (χ2v) is 11.9. The van der Waals surface area contributed by atoms with E-state index in [1.165, 1.54) is 6.08 Å². The van der Waals surface area contributed by atoms with Crippen molar-refractivity contribution in [2.75, 3.05) is 49.7 Å². The van der Waals surface area contributed by atoms with Crippen LogP contribution >= 0.6 is 0 Å². The number of nitrogens with zero attached hydrogens (tertiary/aromatic N) is 3. The Balaban J connectivity index is 1.24. The normalized spacial score (nSPS) is 15.7. The van der Waals surface area contributed by atoms with E-state index in [2.05, 4.69) is 46.6 Å². The molecule has 1 atom stereocenters. The van der Waals surface area contributed by atoms with Gasteiger partial charge in [0.1, 0.15) is 5.84 Å². The van der Waals surface area contributed by atoms with Crippen molar-refractivity contribution in [3.63, 3.8) is 0 Å². The van der Waals surface area contributed by atoms with Crippen LogP contribution in [-0.4, -0.2) is 72.7 Å². The Kier molecular flexibility index (Phi) is 9.15. The first kappa shape index (κ1) is 31.2. The van der Waals surface area contributed by atoms with Crippen molar-refractivity contribution in [1.29, 1.82) is 0 Å². The van der Waals surface area contributed by atoms with E-state index in [9.17, 15) is 14.4 Å². The average Bonchev–Trinajstić information content (AvgIpc) is 3.54. The number of likely N-dealkylation sites (N-methyl/N-ethyl adjacent to an activating group) is 1. The molecule has 4 amide bonds. The quantitative estimate of drug-likeness (QED) is 0.247. The van der Waals surface area contributed by atoms with Gasteiger partial charge in [-0.1, -0.05) is 43.0 Å². The molecule has 0 radical (unpaired) electrons. The summed E-state index contributed by atoms with van der Waals surface area (Å²) in [6, 6.07) is 23.8. The average molecular weight is 606 g/mol. The van der Waals surface area contributed by atoms with E-state index in [4.69, 9.17) is 4.99 Å². The van der Waals surface area contributed by atoms with E-state index < -0.39 is 5.54 Å². The number of amidine groups is 1. The number of anilines is 3. The van der Waals surface area contributed by atoms with Gasteiger partial charge in [-0.25, -0.2) is 4.79 Å². The number of hydrogen-bond donors (Lipinski definition) is 4. The molecule has 45 heavy (non-hydrogen) atoms. The summed E-state index contributed by atoms with van der Waals surface area (Å²) in [5.74, 6) is 0.126. The number of hydrogen-bond acceptors (Lipinski definition) is 6. The molecule has 0 saturated carbocycles. The van der Waals surface area contributed by atoms with Crippen molar-refractivity contribution in [1.82, 2.24) is 15.1 Å². The van der Waals surface area contributed by atoms with Crippen molar-refractivity contribution in [3.05, 3.63) is 114 Å². The van der Waals surface area contributed by atoms with Crippen molar-refractivity contribution >= 4 is 40.7 Å². The Hall–Kier alpha value is -5.22. The molecule has 3 aromatic carbocycles. The van der Waals surface area contributed by atoms with Gasteiger partial charge >= 0.3 is 6.03 Å². The van der Waals surface area contributed by atoms with Crippen molar-refractivity contribution in [2.24, 2.45) is 4.99 Å². The van der Waals surface area contributed by atoms with Gasteiger partial charge in [-0.15, -0.1) is 0 Å². The lowest BCUT2D eigenvalue weighted by Gasteiger charge is -2.36. The highest BCUT2D eigenvalue weighted by atomic mass is 16.2. The topological polar surface area (TPSA) is 118 Å². The number of benzene rings is 3. The molecule has 2 heterocycles. The fourth-order valence-corrected chi connectivity index (χ4v) is 5.61. The fraction of sp³-hybridized carbons (Fsp3) is 0.257. The monoisotopic (exact) mass is 605 g/mol. The van der Waals surface area contributed by atoms with Crippen LogP contribution in [0.2, 0.25) is 0 Å². The van der Waals surface area contributed by atoms with Crippen LogP contribution < -0.4 is 21.3 Å². The van der Waals surface area contributed by atoms with Crippen LogP contribution in [0.15, 0.2) is 108 Å². The highest BCUT2D eigenvalue weighted by Gasteiger charge is 2.45. The highest BCUT2D eigenvalue weighted by Crippen LogP contribution is 2.38. The van der Waals surface area contributed by atoms with Crippen molar-refractivity contribution in [3.8, 4) is 0 Å². The van der Waals surface area contributed by atoms with E-state index in [-0.39, 0.29) is 23.9 Å². The zero-order valence-electron chi connectivity index (χ0n) is 26.1. The van der Waals surface area contributed by atoms with Crippen LogP contribution in [0, 0.1) is 0 Å². The van der Waals surface area contributed by atoms with E-state index in [1.807, 2.05) is 73.6 Å². The van der Waals surface area contributed by atoms with Crippen LogP contribution in [0.3, 0.4) is 0 Å². The molecule has 0 aromatic heterocycles. The van der Waals surface area contributed by atoms with Crippen LogP contribution in [0.1, 0.15) is 35.8 Å². The van der Waals surface area contributed by atoms with Gasteiger partial charge in [-0.2, -0.15) is 0 Å². The molecule has 3 aromatic rings. The Bertz CT molecular complexity index is 1660. The van der Waals surface area contributed by atoms with Crippen molar-refractivity contribution in [2.45, 2.75) is 25.4 Å². The predicted molar refractivity (Wildman–Crippen MR) is 180 cm³/mol. The lowest BCUT2D eigenvalue weighted by Crippen LogP contribution is -2.52. The molecule has 10 heteroatoms. The van der Waals surface area contributed by atoms with E-state index >= 15 is 0 Å². The minimum absolute atomic E-state index is 0.120. The SMILES string of the molecule is C=CC(=O)Nc1ccc(C(=O)Nc2cccc(NC3=NCC4=C3CN(C(=O)N[C@H](CN(C)C)c3ccccc3)C4(C)C)c2)cc1. The third-order valence-corrected chi connectivity index (χ3v) is 8.05.